The fourth-order valence-electron chi connectivity index (χ4n) is 3.13. The molecule has 0 atom stereocenters. The third-order valence-corrected chi connectivity index (χ3v) is 4.73. The van der Waals surface area contributed by atoms with Crippen molar-refractivity contribution in [3.63, 3.8) is 0 Å². The molecule has 1 amide bonds. The molecule has 13 heteroatoms. The fraction of sp³-hybridized carbons (Fsp3) is 0.400. The maximum atomic E-state index is 12.6. The summed E-state index contributed by atoms with van der Waals surface area (Å²) in [5.41, 5.74) is 1.58. The van der Waals surface area contributed by atoms with E-state index in [9.17, 15) is 31.1 Å². The molecule has 1 aromatic heterocycles. The van der Waals surface area contributed by atoms with Crippen LogP contribution in [0, 0.1) is 11.3 Å². The van der Waals surface area contributed by atoms with Gasteiger partial charge in [0.15, 0.2) is 0 Å². The van der Waals surface area contributed by atoms with E-state index in [1.807, 2.05) is 6.07 Å². The molecular weight excluding hydrogens is 458 g/mol. The van der Waals surface area contributed by atoms with E-state index >= 15 is 0 Å². The van der Waals surface area contributed by atoms with Gasteiger partial charge in [0.05, 0.1) is 17.3 Å². The van der Waals surface area contributed by atoms with Crippen molar-refractivity contribution in [3.05, 3.63) is 42.2 Å². The minimum Gasteiger partial charge on any atom is -0.474 e. The number of carbonyl (C=O) groups is 1. The topological polar surface area (TPSA) is 88.3 Å². The molecule has 2 heterocycles. The van der Waals surface area contributed by atoms with Crippen LogP contribution in [0.25, 0.3) is 11.3 Å². The van der Waals surface area contributed by atoms with Gasteiger partial charge in [0.25, 0.3) is 6.10 Å². The second-order valence-corrected chi connectivity index (χ2v) is 7.09. The molecule has 176 valence electrons. The van der Waals surface area contributed by atoms with Crippen LogP contribution in [0.4, 0.5) is 31.1 Å². The van der Waals surface area contributed by atoms with E-state index in [0.29, 0.717) is 16.8 Å². The van der Waals surface area contributed by atoms with E-state index in [1.165, 1.54) is 12.4 Å². The molecule has 0 radical (unpaired) electrons. The highest BCUT2D eigenvalue weighted by Gasteiger charge is 2.60. The number of hydrogen-bond acceptors (Lipinski definition) is 6. The number of hydrogen-bond donors (Lipinski definition) is 0. The van der Waals surface area contributed by atoms with Gasteiger partial charge >= 0.3 is 18.4 Å². The Kier molecular flexibility index (Phi) is 6.95. The van der Waals surface area contributed by atoms with Crippen LogP contribution in [0.2, 0.25) is 0 Å². The highest BCUT2D eigenvalue weighted by atomic mass is 19.4. The Labute approximate surface area is 183 Å². The highest BCUT2D eigenvalue weighted by molar-refractivity contribution is 5.68. The van der Waals surface area contributed by atoms with Gasteiger partial charge in [-0.3, -0.25) is 0 Å². The zero-order valence-corrected chi connectivity index (χ0v) is 16.7. The van der Waals surface area contributed by atoms with Crippen molar-refractivity contribution >= 4 is 6.09 Å². The molecule has 33 heavy (non-hydrogen) atoms. The quantitative estimate of drug-likeness (QED) is 0.607. The van der Waals surface area contributed by atoms with Crippen molar-refractivity contribution < 1.29 is 40.6 Å². The number of nitrogens with zero attached hydrogens (tertiary/aromatic N) is 4. The third kappa shape index (κ3) is 6.24. The highest BCUT2D eigenvalue weighted by Crippen LogP contribution is 2.36. The minimum atomic E-state index is -5.77. The fourth-order valence-corrected chi connectivity index (χ4v) is 3.13. The Bertz CT molecular complexity index is 1020. The first kappa shape index (κ1) is 24.1. The number of piperidine rings is 1. The Morgan fingerprint density at radius 1 is 1.09 bits per heavy atom. The SMILES string of the molecule is N#Cc1cccc(-c2cc(OC3CCN(C(=O)OC(C(F)(F)F)C(F)(F)F)CC3)ncn2)c1. The van der Waals surface area contributed by atoms with Crippen molar-refractivity contribution in [1.29, 1.82) is 5.26 Å². The molecular formula is C20H16F6N4O3. The molecule has 1 aliphatic heterocycles. The zero-order valence-electron chi connectivity index (χ0n) is 16.7. The molecule has 7 nitrogen and oxygen atoms in total. The maximum absolute atomic E-state index is 12.6. The van der Waals surface area contributed by atoms with Crippen molar-refractivity contribution in [1.82, 2.24) is 14.9 Å². The summed E-state index contributed by atoms with van der Waals surface area (Å²) < 4.78 is 84.9. The molecule has 1 saturated heterocycles. The van der Waals surface area contributed by atoms with Crippen LogP contribution in [0.1, 0.15) is 18.4 Å². The lowest BCUT2D eigenvalue weighted by molar-refractivity contribution is -0.308. The van der Waals surface area contributed by atoms with Crippen LogP contribution in [0.15, 0.2) is 36.7 Å². The summed E-state index contributed by atoms with van der Waals surface area (Å²) in [6.45, 7) is -0.317. The van der Waals surface area contributed by atoms with Crippen molar-refractivity contribution in [2.75, 3.05) is 13.1 Å². The van der Waals surface area contributed by atoms with E-state index in [4.69, 9.17) is 10.00 Å². The second kappa shape index (κ2) is 9.51. The number of aromatic nitrogens is 2. The molecule has 0 unspecified atom stereocenters. The summed E-state index contributed by atoms with van der Waals surface area (Å²) in [7, 11) is 0. The molecule has 1 aliphatic rings. The second-order valence-electron chi connectivity index (χ2n) is 7.09. The third-order valence-electron chi connectivity index (χ3n) is 4.73. The largest absolute Gasteiger partial charge is 0.474 e. The lowest BCUT2D eigenvalue weighted by Crippen LogP contribution is -2.50. The molecule has 3 rings (SSSR count). The van der Waals surface area contributed by atoms with Gasteiger partial charge in [-0.1, -0.05) is 12.1 Å². The van der Waals surface area contributed by atoms with E-state index in [-0.39, 0.29) is 31.8 Å². The van der Waals surface area contributed by atoms with Gasteiger partial charge in [-0.05, 0) is 12.1 Å². The van der Waals surface area contributed by atoms with E-state index in [1.54, 1.807) is 24.3 Å². The van der Waals surface area contributed by atoms with Crippen LogP contribution in [0.5, 0.6) is 5.88 Å². The smallest absolute Gasteiger partial charge is 0.434 e. The number of benzene rings is 1. The van der Waals surface area contributed by atoms with E-state index in [2.05, 4.69) is 14.7 Å². The van der Waals surface area contributed by atoms with Crippen molar-refractivity contribution in [2.45, 2.75) is 37.4 Å². The summed E-state index contributed by atoms with van der Waals surface area (Å²) in [4.78, 5) is 20.7. The summed E-state index contributed by atoms with van der Waals surface area (Å²) >= 11 is 0. The molecule has 0 bridgehead atoms. The molecule has 0 aliphatic carbocycles. The maximum Gasteiger partial charge on any atom is 0.434 e. The monoisotopic (exact) mass is 474 g/mol. The van der Waals surface area contributed by atoms with Gasteiger partial charge in [-0.25, -0.2) is 14.8 Å². The lowest BCUT2D eigenvalue weighted by atomic mass is 10.1. The van der Waals surface area contributed by atoms with Crippen molar-refractivity contribution in [2.24, 2.45) is 0 Å². The van der Waals surface area contributed by atoms with Crippen LogP contribution in [0.3, 0.4) is 0 Å². The van der Waals surface area contributed by atoms with Crippen LogP contribution in [-0.4, -0.2) is 58.6 Å². The summed E-state index contributed by atoms with van der Waals surface area (Å²) in [5.74, 6) is 0.192. The van der Waals surface area contributed by atoms with Gasteiger partial charge in [0.2, 0.25) is 5.88 Å². The van der Waals surface area contributed by atoms with Gasteiger partial charge in [-0.2, -0.15) is 31.6 Å². The number of likely N-dealkylation sites (tertiary alicyclic amines) is 1. The number of ether oxygens (including phenoxy) is 2. The Morgan fingerprint density at radius 3 is 2.36 bits per heavy atom. The minimum absolute atomic E-state index is 0.140. The van der Waals surface area contributed by atoms with Crippen molar-refractivity contribution in [3.8, 4) is 23.2 Å². The number of amides is 1. The Balaban J connectivity index is 1.58. The number of carbonyl (C=O) groups excluding carboxylic acids is 1. The first-order valence-electron chi connectivity index (χ1n) is 9.55. The molecule has 2 aromatic rings. The predicted molar refractivity (Wildman–Crippen MR) is 99.8 cm³/mol. The molecule has 1 fully saturated rings. The van der Waals surface area contributed by atoms with Crippen LogP contribution < -0.4 is 4.74 Å². The summed E-state index contributed by atoms with van der Waals surface area (Å²) in [5, 5.41) is 9.01. The van der Waals surface area contributed by atoms with Gasteiger partial charge in [0.1, 0.15) is 12.4 Å². The number of rotatable bonds is 4. The molecule has 0 spiro atoms. The summed E-state index contributed by atoms with van der Waals surface area (Å²) in [6.07, 6.45) is -16.4. The average molecular weight is 474 g/mol. The number of alkyl halides is 6. The predicted octanol–water partition coefficient (Wildman–Crippen LogP) is 4.49. The Hall–Kier alpha value is -3.56. The average Bonchev–Trinajstić information content (AvgIpc) is 2.76. The van der Waals surface area contributed by atoms with Gasteiger partial charge in [0, 0.05) is 37.6 Å². The first-order valence-corrected chi connectivity index (χ1v) is 9.55. The molecule has 0 saturated carbocycles. The zero-order chi connectivity index (χ0) is 24.2. The van der Waals surface area contributed by atoms with Gasteiger partial charge in [-0.15, -0.1) is 0 Å². The molecule has 0 N–H and O–H groups in total. The number of halogens is 6. The van der Waals surface area contributed by atoms with E-state index in [0.717, 1.165) is 4.90 Å². The van der Waals surface area contributed by atoms with Crippen LogP contribution >= 0.6 is 0 Å². The van der Waals surface area contributed by atoms with Crippen LogP contribution in [-0.2, 0) is 4.74 Å². The lowest BCUT2D eigenvalue weighted by Gasteiger charge is -2.33. The standard InChI is InChI=1S/C20H16F6N4O3/c21-19(22,23)17(20(24,25)26)33-18(31)30-6-4-14(5-7-30)32-16-9-15(28-11-29-16)13-3-1-2-12(8-13)10-27/h1-3,8-9,11,14,17H,4-7H2. The summed E-state index contributed by atoms with van der Waals surface area (Å²) in [6, 6.07) is 10.2. The Morgan fingerprint density at radius 2 is 1.76 bits per heavy atom. The van der Waals surface area contributed by atoms with Gasteiger partial charge < -0.3 is 14.4 Å². The van der Waals surface area contributed by atoms with E-state index < -0.39 is 30.7 Å². The first-order chi connectivity index (χ1) is 15.5. The number of nitriles is 1. The molecule has 1 aromatic carbocycles. The normalized spacial score (nSPS) is 15.3.